The summed E-state index contributed by atoms with van der Waals surface area (Å²) in [5.41, 5.74) is 1.21. The number of rotatable bonds is 6. The van der Waals surface area contributed by atoms with Crippen LogP contribution in [0.25, 0.3) is 0 Å². The molecule has 0 aliphatic carbocycles. The number of Topliss-reactive ketones (excluding diaryl/α,β-unsaturated/α-hetero) is 1. The SMILES string of the molecule is N=C(c1ccc(C(=O)Cc2ccccc2C(=O)Nc2ccc(Br)cn2)c(F)c1)N1CCCC1. The van der Waals surface area contributed by atoms with Crippen LogP contribution in [0, 0.1) is 11.2 Å². The summed E-state index contributed by atoms with van der Waals surface area (Å²) < 4.78 is 15.6. The van der Waals surface area contributed by atoms with E-state index in [0.29, 0.717) is 22.5 Å². The molecular formula is C25H22BrFN4O2. The maximum absolute atomic E-state index is 14.8. The van der Waals surface area contributed by atoms with E-state index in [1.165, 1.54) is 12.1 Å². The number of carbonyl (C=O) groups excluding carboxylic acids is 2. The highest BCUT2D eigenvalue weighted by atomic mass is 79.9. The number of ketones is 1. The summed E-state index contributed by atoms with van der Waals surface area (Å²) >= 11 is 3.30. The molecular weight excluding hydrogens is 487 g/mol. The molecule has 1 amide bonds. The molecule has 1 aliphatic heterocycles. The lowest BCUT2D eigenvalue weighted by Gasteiger charge is -2.18. The van der Waals surface area contributed by atoms with Gasteiger partial charge in [0.2, 0.25) is 0 Å². The number of anilines is 1. The van der Waals surface area contributed by atoms with Crippen LogP contribution in [0.1, 0.15) is 44.7 Å². The topological polar surface area (TPSA) is 86.1 Å². The fourth-order valence-electron chi connectivity index (χ4n) is 3.81. The summed E-state index contributed by atoms with van der Waals surface area (Å²) in [6, 6.07) is 14.4. The summed E-state index contributed by atoms with van der Waals surface area (Å²) in [7, 11) is 0. The number of halogens is 2. The van der Waals surface area contributed by atoms with E-state index in [-0.39, 0.29) is 17.8 Å². The Bertz CT molecular complexity index is 1210. The van der Waals surface area contributed by atoms with E-state index in [1.807, 2.05) is 4.90 Å². The van der Waals surface area contributed by atoms with Crippen molar-refractivity contribution < 1.29 is 14.0 Å². The van der Waals surface area contributed by atoms with Crippen LogP contribution in [-0.2, 0) is 6.42 Å². The molecule has 0 spiro atoms. The van der Waals surface area contributed by atoms with Crippen LogP contribution in [0.5, 0.6) is 0 Å². The van der Waals surface area contributed by atoms with E-state index in [0.717, 1.165) is 30.4 Å². The Kier molecular flexibility index (Phi) is 6.93. The summed E-state index contributed by atoms with van der Waals surface area (Å²) in [6.45, 7) is 1.57. The molecule has 0 atom stereocenters. The quantitative estimate of drug-likeness (QED) is 0.276. The first kappa shape index (κ1) is 22.8. The van der Waals surface area contributed by atoms with Gasteiger partial charge in [-0.05, 0) is 64.7 Å². The fraction of sp³-hybridized carbons (Fsp3) is 0.200. The number of pyridine rings is 1. The first-order valence-electron chi connectivity index (χ1n) is 10.6. The van der Waals surface area contributed by atoms with Gasteiger partial charge in [-0.1, -0.05) is 24.3 Å². The number of carbonyl (C=O) groups is 2. The van der Waals surface area contributed by atoms with Gasteiger partial charge in [-0.2, -0.15) is 0 Å². The molecule has 8 heteroatoms. The Labute approximate surface area is 199 Å². The van der Waals surface area contributed by atoms with Crippen LogP contribution in [0.15, 0.2) is 65.3 Å². The lowest BCUT2D eigenvalue weighted by atomic mass is 9.97. The third-order valence-corrected chi connectivity index (χ3v) is 6.02. The van der Waals surface area contributed by atoms with Crippen molar-refractivity contribution >= 4 is 39.3 Å². The number of hydrogen-bond acceptors (Lipinski definition) is 4. The van der Waals surface area contributed by atoms with Crippen molar-refractivity contribution in [3.63, 3.8) is 0 Å². The molecule has 0 radical (unpaired) electrons. The molecule has 0 bridgehead atoms. The highest BCUT2D eigenvalue weighted by molar-refractivity contribution is 9.10. The van der Waals surface area contributed by atoms with Gasteiger partial charge in [-0.15, -0.1) is 0 Å². The average molecular weight is 509 g/mol. The molecule has 0 unspecified atom stereocenters. The van der Waals surface area contributed by atoms with Crippen LogP contribution in [0.4, 0.5) is 10.2 Å². The van der Waals surface area contributed by atoms with E-state index in [9.17, 15) is 14.0 Å². The van der Waals surface area contributed by atoms with Crippen molar-refractivity contribution in [2.45, 2.75) is 19.3 Å². The van der Waals surface area contributed by atoms with Crippen LogP contribution in [-0.4, -0.2) is 40.5 Å². The van der Waals surface area contributed by atoms with E-state index >= 15 is 0 Å². The van der Waals surface area contributed by atoms with E-state index in [1.54, 1.807) is 48.7 Å². The standard InChI is InChI=1S/C25H22BrFN4O2/c26-18-8-10-23(29-15-18)30-25(33)19-6-2-1-5-16(19)14-22(32)20-9-7-17(13-21(20)27)24(28)31-11-3-4-12-31/h1-2,5-10,13,15,28H,3-4,11-12,14H2,(H,29,30,33). The third-order valence-electron chi connectivity index (χ3n) is 5.55. The number of amidine groups is 1. The molecule has 168 valence electrons. The summed E-state index contributed by atoms with van der Waals surface area (Å²) in [4.78, 5) is 31.7. The summed E-state index contributed by atoms with van der Waals surface area (Å²) in [6.07, 6.45) is 3.48. The molecule has 6 nitrogen and oxygen atoms in total. The first-order valence-corrected chi connectivity index (χ1v) is 11.4. The number of nitrogens with one attached hydrogen (secondary N) is 2. The molecule has 33 heavy (non-hydrogen) atoms. The minimum atomic E-state index is -0.664. The van der Waals surface area contributed by atoms with Gasteiger partial charge in [0.1, 0.15) is 17.5 Å². The second-order valence-electron chi connectivity index (χ2n) is 7.81. The number of benzene rings is 2. The Balaban J connectivity index is 1.50. The smallest absolute Gasteiger partial charge is 0.257 e. The van der Waals surface area contributed by atoms with Crippen LogP contribution >= 0.6 is 15.9 Å². The monoisotopic (exact) mass is 508 g/mol. The normalized spacial score (nSPS) is 13.1. The number of likely N-dealkylation sites (tertiary alicyclic amines) is 1. The minimum absolute atomic E-state index is 0.0576. The van der Waals surface area contributed by atoms with Gasteiger partial charge in [-0.3, -0.25) is 15.0 Å². The second kappa shape index (κ2) is 10.0. The van der Waals surface area contributed by atoms with E-state index < -0.39 is 17.5 Å². The van der Waals surface area contributed by atoms with E-state index in [4.69, 9.17) is 5.41 Å². The Morgan fingerprint density at radius 2 is 1.82 bits per heavy atom. The van der Waals surface area contributed by atoms with Gasteiger partial charge in [0.05, 0.1) is 5.56 Å². The maximum Gasteiger partial charge on any atom is 0.257 e. The van der Waals surface area contributed by atoms with Crippen molar-refractivity contribution in [2.75, 3.05) is 18.4 Å². The van der Waals surface area contributed by atoms with Gasteiger partial charge >= 0.3 is 0 Å². The van der Waals surface area contributed by atoms with Crippen LogP contribution in [0.2, 0.25) is 0 Å². The molecule has 1 saturated heterocycles. The van der Waals surface area contributed by atoms with Crippen molar-refractivity contribution in [1.82, 2.24) is 9.88 Å². The predicted octanol–water partition coefficient (Wildman–Crippen LogP) is 5.08. The summed E-state index contributed by atoms with van der Waals surface area (Å²) in [5.74, 6) is -0.848. The van der Waals surface area contributed by atoms with Gasteiger partial charge in [0.25, 0.3) is 5.91 Å². The maximum atomic E-state index is 14.8. The zero-order valence-electron chi connectivity index (χ0n) is 17.8. The number of amides is 1. The lowest BCUT2D eigenvalue weighted by Crippen LogP contribution is -2.27. The average Bonchev–Trinajstić information content (AvgIpc) is 3.35. The molecule has 1 aliphatic rings. The van der Waals surface area contributed by atoms with Crippen molar-refractivity contribution in [3.05, 3.63) is 93.3 Å². The Morgan fingerprint density at radius 3 is 2.52 bits per heavy atom. The van der Waals surface area contributed by atoms with Crippen LogP contribution in [0.3, 0.4) is 0 Å². The molecule has 1 fully saturated rings. The fourth-order valence-corrected chi connectivity index (χ4v) is 4.04. The number of hydrogen-bond donors (Lipinski definition) is 2. The molecule has 4 rings (SSSR count). The van der Waals surface area contributed by atoms with Gasteiger partial charge in [0.15, 0.2) is 5.78 Å². The zero-order valence-corrected chi connectivity index (χ0v) is 19.4. The van der Waals surface area contributed by atoms with Crippen LogP contribution < -0.4 is 5.32 Å². The van der Waals surface area contributed by atoms with Gasteiger partial charge in [-0.25, -0.2) is 9.37 Å². The first-order chi connectivity index (χ1) is 15.9. The Morgan fingerprint density at radius 1 is 1.06 bits per heavy atom. The van der Waals surface area contributed by atoms with Crippen molar-refractivity contribution in [1.29, 1.82) is 5.41 Å². The van der Waals surface area contributed by atoms with Crippen molar-refractivity contribution in [2.24, 2.45) is 0 Å². The summed E-state index contributed by atoms with van der Waals surface area (Å²) in [5, 5.41) is 11.0. The van der Waals surface area contributed by atoms with E-state index in [2.05, 4.69) is 26.2 Å². The highest BCUT2D eigenvalue weighted by Gasteiger charge is 2.21. The Hall–Kier alpha value is -3.39. The molecule has 2 N–H and O–H groups in total. The minimum Gasteiger partial charge on any atom is -0.357 e. The van der Waals surface area contributed by atoms with Crippen molar-refractivity contribution in [3.8, 4) is 0 Å². The largest absolute Gasteiger partial charge is 0.357 e. The molecule has 2 heterocycles. The number of aromatic nitrogens is 1. The zero-order chi connectivity index (χ0) is 23.4. The number of nitrogens with zero attached hydrogens (tertiary/aromatic N) is 2. The molecule has 3 aromatic rings. The highest BCUT2D eigenvalue weighted by Crippen LogP contribution is 2.20. The second-order valence-corrected chi connectivity index (χ2v) is 8.73. The van der Waals surface area contributed by atoms with Gasteiger partial charge < -0.3 is 10.2 Å². The molecule has 2 aromatic carbocycles. The lowest BCUT2D eigenvalue weighted by molar-refractivity contribution is 0.0988. The molecule has 1 aromatic heterocycles. The third kappa shape index (κ3) is 5.34. The molecule has 0 saturated carbocycles. The van der Waals surface area contributed by atoms with Gasteiger partial charge in [0, 0.05) is 41.3 Å². The predicted molar refractivity (Wildman–Crippen MR) is 128 cm³/mol.